The fraction of sp³-hybridized carbons (Fsp3) is 0.263. The third-order valence-corrected chi connectivity index (χ3v) is 3.80. The maximum Gasteiger partial charge on any atom is 0.337 e. The second kappa shape index (κ2) is 8.19. The molecule has 2 rings (SSSR count). The number of hydrogen-bond donors (Lipinski definition) is 0. The summed E-state index contributed by atoms with van der Waals surface area (Å²) in [6.07, 6.45) is 0. The van der Waals surface area contributed by atoms with E-state index in [-0.39, 0.29) is 5.91 Å². The molecule has 0 aliphatic heterocycles. The van der Waals surface area contributed by atoms with Crippen LogP contribution in [-0.4, -0.2) is 45.2 Å². The van der Waals surface area contributed by atoms with Crippen molar-refractivity contribution in [3.63, 3.8) is 0 Å². The van der Waals surface area contributed by atoms with Crippen LogP contribution in [0.25, 0.3) is 0 Å². The summed E-state index contributed by atoms with van der Waals surface area (Å²) < 4.78 is 15.2. The zero-order chi connectivity index (χ0) is 18.4. The van der Waals surface area contributed by atoms with Gasteiger partial charge in [0.15, 0.2) is 0 Å². The van der Waals surface area contributed by atoms with Crippen molar-refractivity contribution in [2.24, 2.45) is 0 Å². The normalized spacial score (nSPS) is 10.1. The number of methoxy groups -OCH3 is 3. The van der Waals surface area contributed by atoms with Gasteiger partial charge in [0.2, 0.25) is 0 Å². The number of benzene rings is 2. The number of ether oxygens (including phenoxy) is 3. The molecule has 6 nitrogen and oxygen atoms in total. The van der Waals surface area contributed by atoms with Gasteiger partial charge in [0, 0.05) is 30.8 Å². The molecule has 2 aromatic carbocycles. The fourth-order valence-electron chi connectivity index (χ4n) is 2.40. The third kappa shape index (κ3) is 4.29. The van der Waals surface area contributed by atoms with E-state index in [2.05, 4.69) is 4.74 Å². The van der Waals surface area contributed by atoms with Crippen molar-refractivity contribution >= 4 is 11.9 Å². The highest BCUT2D eigenvalue weighted by atomic mass is 16.5. The zero-order valence-corrected chi connectivity index (χ0v) is 14.7. The summed E-state index contributed by atoms with van der Waals surface area (Å²) in [6, 6.07) is 11.8. The Labute approximate surface area is 146 Å². The van der Waals surface area contributed by atoms with Crippen LogP contribution in [0.4, 0.5) is 0 Å². The fourth-order valence-corrected chi connectivity index (χ4v) is 2.40. The molecule has 0 aromatic heterocycles. The van der Waals surface area contributed by atoms with Gasteiger partial charge in [0.1, 0.15) is 11.5 Å². The second-order valence-corrected chi connectivity index (χ2v) is 5.41. The first-order valence-corrected chi connectivity index (χ1v) is 7.65. The minimum atomic E-state index is -0.435. The molecule has 0 saturated carbocycles. The van der Waals surface area contributed by atoms with E-state index in [0.29, 0.717) is 29.2 Å². The average molecular weight is 343 g/mol. The number of esters is 1. The van der Waals surface area contributed by atoms with E-state index in [1.54, 1.807) is 56.5 Å². The molecule has 0 aliphatic carbocycles. The van der Waals surface area contributed by atoms with Crippen molar-refractivity contribution in [2.45, 2.75) is 6.54 Å². The first-order valence-electron chi connectivity index (χ1n) is 7.65. The van der Waals surface area contributed by atoms with Crippen molar-refractivity contribution in [2.75, 3.05) is 28.4 Å². The number of carbonyl (C=O) groups excluding carboxylic acids is 2. The van der Waals surface area contributed by atoms with Crippen LogP contribution in [0, 0.1) is 0 Å². The van der Waals surface area contributed by atoms with Gasteiger partial charge in [-0.15, -0.1) is 0 Å². The monoisotopic (exact) mass is 343 g/mol. The molecule has 2 aromatic rings. The lowest BCUT2D eigenvalue weighted by molar-refractivity contribution is 0.0600. The Hall–Kier alpha value is -3.02. The van der Waals surface area contributed by atoms with Gasteiger partial charge in [0.25, 0.3) is 5.91 Å². The molecule has 0 bridgehead atoms. The Morgan fingerprint density at radius 2 is 1.56 bits per heavy atom. The molecule has 0 heterocycles. The summed E-state index contributed by atoms with van der Waals surface area (Å²) in [6.45, 7) is 0.380. The number of hydrogen-bond acceptors (Lipinski definition) is 5. The smallest absolute Gasteiger partial charge is 0.337 e. The summed E-state index contributed by atoms with van der Waals surface area (Å²) in [4.78, 5) is 25.6. The zero-order valence-electron chi connectivity index (χ0n) is 14.7. The highest BCUT2D eigenvalue weighted by Gasteiger charge is 2.15. The number of rotatable bonds is 6. The molecule has 132 valence electrons. The van der Waals surface area contributed by atoms with Gasteiger partial charge in [-0.3, -0.25) is 4.79 Å². The molecular weight excluding hydrogens is 322 g/mol. The molecule has 0 saturated heterocycles. The SMILES string of the molecule is COC(=O)c1ccc(C(=O)N(C)Cc2ccc(OC)cc2OC)cc1. The predicted octanol–water partition coefficient (Wildman–Crippen LogP) is 2.76. The molecular formula is C19H21NO5. The van der Waals surface area contributed by atoms with Crippen LogP contribution in [0.2, 0.25) is 0 Å². The van der Waals surface area contributed by atoms with E-state index in [1.165, 1.54) is 7.11 Å². The number of carbonyl (C=O) groups is 2. The van der Waals surface area contributed by atoms with E-state index in [4.69, 9.17) is 9.47 Å². The Balaban J connectivity index is 2.14. The summed E-state index contributed by atoms with van der Waals surface area (Å²) >= 11 is 0. The maximum atomic E-state index is 12.6. The van der Waals surface area contributed by atoms with Crippen LogP contribution in [0.1, 0.15) is 26.3 Å². The van der Waals surface area contributed by atoms with Gasteiger partial charge in [-0.2, -0.15) is 0 Å². The quantitative estimate of drug-likeness (QED) is 0.755. The van der Waals surface area contributed by atoms with Gasteiger partial charge in [-0.1, -0.05) is 0 Å². The van der Waals surface area contributed by atoms with E-state index >= 15 is 0 Å². The van der Waals surface area contributed by atoms with Crippen LogP contribution in [-0.2, 0) is 11.3 Å². The van der Waals surface area contributed by atoms with Crippen molar-refractivity contribution in [1.82, 2.24) is 4.90 Å². The number of amides is 1. The Bertz CT molecular complexity index is 755. The van der Waals surface area contributed by atoms with E-state index in [1.807, 2.05) is 12.1 Å². The van der Waals surface area contributed by atoms with Crippen molar-refractivity contribution in [3.05, 3.63) is 59.2 Å². The first-order chi connectivity index (χ1) is 12.0. The van der Waals surface area contributed by atoms with Crippen LogP contribution in [0.3, 0.4) is 0 Å². The van der Waals surface area contributed by atoms with Gasteiger partial charge < -0.3 is 19.1 Å². The topological polar surface area (TPSA) is 65.1 Å². The lowest BCUT2D eigenvalue weighted by Gasteiger charge is -2.19. The molecule has 6 heteroatoms. The van der Waals surface area contributed by atoms with Crippen LogP contribution < -0.4 is 9.47 Å². The van der Waals surface area contributed by atoms with Crippen molar-refractivity contribution in [3.8, 4) is 11.5 Å². The predicted molar refractivity (Wildman–Crippen MR) is 93.1 cm³/mol. The molecule has 0 fully saturated rings. The summed E-state index contributed by atoms with van der Waals surface area (Å²) in [5.41, 5.74) is 1.76. The Morgan fingerprint density at radius 3 is 2.12 bits per heavy atom. The van der Waals surface area contributed by atoms with Gasteiger partial charge in [0.05, 0.1) is 26.9 Å². The Morgan fingerprint density at radius 1 is 0.920 bits per heavy atom. The van der Waals surface area contributed by atoms with Gasteiger partial charge in [-0.25, -0.2) is 4.79 Å². The average Bonchev–Trinajstić information content (AvgIpc) is 2.67. The largest absolute Gasteiger partial charge is 0.497 e. The van der Waals surface area contributed by atoms with Crippen molar-refractivity contribution < 1.29 is 23.8 Å². The third-order valence-electron chi connectivity index (χ3n) is 3.80. The molecule has 0 spiro atoms. The maximum absolute atomic E-state index is 12.6. The summed E-state index contributed by atoms with van der Waals surface area (Å²) in [7, 11) is 6.19. The second-order valence-electron chi connectivity index (χ2n) is 5.41. The van der Waals surface area contributed by atoms with Crippen LogP contribution in [0.15, 0.2) is 42.5 Å². The highest BCUT2D eigenvalue weighted by molar-refractivity contribution is 5.96. The molecule has 0 aliphatic rings. The molecule has 0 N–H and O–H groups in total. The van der Waals surface area contributed by atoms with Crippen LogP contribution >= 0.6 is 0 Å². The molecule has 0 radical (unpaired) electrons. The van der Waals surface area contributed by atoms with Gasteiger partial charge >= 0.3 is 5.97 Å². The minimum Gasteiger partial charge on any atom is -0.497 e. The molecule has 0 atom stereocenters. The summed E-state index contributed by atoms with van der Waals surface area (Å²) in [5.74, 6) is 0.748. The molecule has 25 heavy (non-hydrogen) atoms. The lowest BCUT2D eigenvalue weighted by atomic mass is 10.1. The Kier molecular flexibility index (Phi) is 6.00. The number of nitrogens with zero attached hydrogens (tertiary/aromatic N) is 1. The van der Waals surface area contributed by atoms with Crippen LogP contribution in [0.5, 0.6) is 11.5 Å². The standard InChI is InChI=1S/C19H21NO5/c1-20(12-15-9-10-16(23-2)11-17(15)24-3)18(21)13-5-7-14(8-6-13)19(22)25-4/h5-11H,12H2,1-4H3. The summed E-state index contributed by atoms with van der Waals surface area (Å²) in [5, 5.41) is 0. The lowest BCUT2D eigenvalue weighted by Crippen LogP contribution is -2.26. The van der Waals surface area contributed by atoms with E-state index < -0.39 is 5.97 Å². The molecule has 0 unspecified atom stereocenters. The highest BCUT2D eigenvalue weighted by Crippen LogP contribution is 2.25. The minimum absolute atomic E-state index is 0.158. The van der Waals surface area contributed by atoms with E-state index in [9.17, 15) is 9.59 Å². The van der Waals surface area contributed by atoms with Crippen molar-refractivity contribution in [1.29, 1.82) is 0 Å². The molecule has 1 amide bonds. The first kappa shape index (κ1) is 18.3. The van der Waals surface area contributed by atoms with Gasteiger partial charge in [-0.05, 0) is 36.4 Å². The van der Waals surface area contributed by atoms with E-state index in [0.717, 1.165) is 5.56 Å².